The molecule has 0 aliphatic carbocycles. The van der Waals surface area contributed by atoms with E-state index in [9.17, 15) is 13.6 Å². The van der Waals surface area contributed by atoms with E-state index in [1.54, 1.807) is 11.8 Å². The van der Waals surface area contributed by atoms with Crippen molar-refractivity contribution < 1.29 is 18.3 Å². The molecule has 1 amide bonds. The van der Waals surface area contributed by atoms with Crippen LogP contribution in [0, 0.1) is 11.6 Å². The van der Waals surface area contributed by atoms with Gasteiger partial charge in [-0.25, -0.2) is 8.78 Å². The first-order valence-corrected chi connectivity index (χ1v) is 7.82. The summed E-state index contributed by atoms with van der Waals surface area (Å²) in [6, 6.07) is 2.11. The first kappa shape index (κ1) is 16.0. The SMILES string of the molecule is COCCN(C(=O)c1c(F)ccc(N)c1F)C1CCSC1. The molecule has 0 aromatic heterocycles. The molecule has 1 atom stereocenters. The Bertz CT molecular complexity index is 522. The van der Waals surface area contributed by atoms with Crippen molar-refractivity contribution in [2.45, 2.75) is 12.5 Å². The highest BCUT2D eigenvalue weighted by Crippen LogP contribution is 2.26. The molecule has 116 valence electrons. The molecule has 1 aromatic rings. The Balaban J connectivity index is 2.31. The highest BCUT2D eigenvalue weighted by Gasteiger charge is 2.31. The molecule has 1 aliphatic heterocycles. The zero-order valence-electron chi connectivity index (χ0n) is 11.8. The lowest BCUT2D eigenvalue weighted by molar-refractivity contribution is 0.0615. The fraction of sp³-hybridized carbons (Fsp3) is 0.500. The first-order valence-electron chi connectivity index (χ1n) is 6.67. The first-order chi connectivity index (χ1) is 10.1. The van der Waals surface area contributed by atoms with Crippen LogP contribution >= 0.6 is 11.8 Å². The van der Waals surface area contributed by atoms with Crippen LogP contribution in [0.5, 0.6) is 0 Å². The molecule has 7 heteroatoms. The Labute approximate surface area is 126 Å². The van der Waals surface area contributed by atoms with Gasteiger partial charge >= 0.3 is 0 Å². The van der Waals surface area contributed by atoms with Gasteiger partial charge in [0.05, 0.1) is 12.3 Å². The van der Waals surface area contributed by atoms with Gasteiger partial charge in [-0.1, -0.05) is 0 Å². The van der Waals surface area contributed by atoms with Crippen LogP contribution in [0.3, 0.4) is 0 Å². The fourth-order valence-corrected chi connectivity index (χ4v) is 3.54. The van der Waals surface area contributed by atoms with Crippen LogP contribution in [0.25, 0.3) is 0 Å². The monoisotopic (exact) mass is 316 g/mol. The summed E-state index contributed by atoms with van der Waals surface area (Å²) in [4.78, 5) is 14.0. The summed E-state index contributed by atoms with van der Waals surface area (Å²) in [6.07, 6.45) is 0.811. The molecule has 21 heavy (non-hydrogen) atoms. The third-order valence-corrected chi connectivity index (χ3v) is 4.62. The lowest BCUT2D eigenvalue weighted by Gasteiger charge is -2.28. The van der Waals surface area contributed by atoms with Crippen LogP contribution in [0.4, 0.5) is 14.5 Å². The topological polar surface area (TPSA) is 55.6 Å². The standard InChI is InChI=1S/C14H18F2N2O2S/c1-20-6-5-18(9-4-7-21-8-9)14(19)12-10(15)2-3-11(17)13(12)16/h2-3,9H,4-8,17H2,1H3. The van der Waals surface area contributed by atoms with Crippen LogP contribution in [-0.4, -0.2) is 48.6 Å². The quantitative estimate of drug-likeness (QED) is 0.846. The summed E-state index contributed by atoms with van der Waals surface area (Å²) in [7, 11) is 1.52. The number of carbonyl (C=O) groups excluding carboxylic acids is 1. The van der Waals surface area contributed by atoms with Gasteiger partial charge in [-0.2, -0.15) is 11.8 Å². The number of methoxy groups -OCH3 is 1. The Morgan fingerprint density at radius 2 is 2.29 bits per heavy atom. The number of nitrogens with two attached hydrogens (primary N) is 1. The van der Waals surface area contributed by atoms with Crippen molar-refractivity contribution in [2.24, 2.45) is 0 Å². The predicted octanol–water partition coefficient (Wildman–Crippen LogP) is 2.14. The second-order valence-corrected chi connectivity index (χ2v) is 5.98. The number of rotatable bonds is 5. The smallest absolute Gasteiger partial charge is 0.260 e. The van der Waals surface area contributed by atoms with Gasteiger partial charge in [0.1, 0.15) is 11.4 Å². The van der Waals surface area contributed by atoms with Crippen LogP contribution in [0.15, 0.2) is 12.1 Å². The minimum atomic E-state index is -0.993. The van der Waals surface area contributed by atoms with E-state index in [0.29, 0.717) is 13.2 Å². The van der Waals surface area contributed by atoms with E-state index in [4.69, 9.17) is 10.5 Å². The van der Waals surface area contributed by atoms with E-state index in [1.165, 1.54) is 12.0 Å². The normalized spacial score (nSPS) is 18.0. The minimum absolute atomic E-state index is 0.0297. The van der Waals surface area contributed by atoms with Crippen molar-refractivity contribution in [1.29, 1.82) is 0 Å². The molecule has 0 bridgehead atoms. The van der Waals surface area contributed by atoms with Crippen molar-refractivity contribution >= 4 is 23.4 Å². The lowest BCUT2D eigenvalue weighted by atomic mass is 10.1. The summed E-state index contributed by atoms with van der Waals surface area (Å²) in [5.41, 5.74) is 4.63. The summed E-state index contributed by atoms with van der Waals surface area (Å²) < 4.78 is 32.9. The van der Waals surface area contributed by atoms with E-state index in [2.05, 4.69) is 0 Å². The largest absolute Gasteiger partial charge is 0.396 e. The lowest BCUT2D eigenvalue weighted by Crippen LogP contribution is -2.43. The average molecular weight is 316 g/mol. The molecule has 1 aromatic carbocycles. The third kappa shape index (κ3) is 3.47. The van der Waals surface area contributed by atoms with E-state index in [-0.39, 0.29) is 11.7 Å². The number of hydrogen-bond donors (Lipinski definition) is 1. The van der Waals surface area contributed by atoms with Crippen LogP contribution in [-0.2, 0) is 4.74 Å². The number of hydrogen-bond acceptors (Lipinski definition) is 4. The molecule has 1 unspecified atom stereocenters. The van der Waals surface area contributed by atoms with Crippen molar-refractivity contribution in [2.75, 3.05) is 37.5 Å². The van der Waals surface area contributed by atoms with Crippen molar-refractivity contribution in [3.63, 3.8) is 0 Å². The molecule has 0 radical (unpaired) electrons. The average Bonchev–Trinajstić information content (AvgIpc) is 2.98. The summed E-state index contributed by atoms with van der Waals surface area (Å²) in [5, 5.41) is 0. The van der Waals surface area contributed by atoms with Crippen molar-refractivity contribution in [3.05, 3.63) is 29.3 Å². The van der Waals surface area contributed by atoms with Gasteiger partial charge in [0.2, 0.25) is 0 Å². The van der Waals surface area contributed by atoms with Crippen molar-refractivity contribution in [3.8, 4) is 0 Å². The number of anilines is 1. The molecular formula is C14H18F2N2O2S. The van der Waals surface area contributed by atoms with E-state index >= 15 is 0 Å². The molecule has 2 N–H and O–H groups in total. The maximum absolute atomic E-state index is 14.0. The van der Waals surface area contributed by atoms with E-state index < -0.39 is 23.1 Å². The number of halogens is 2. The summed E-state index contributed by atoms with van der Waals surface area (Å²) in [6.45, 7) is 0.618. The Kier molecular flexibility index (Phi) is 5.41. The van der Waals surface area contributed by atoms with Gasteiger partial charge in [-0.3, -0.25) is 4.79 Å². The molecule has 1 saturated heterocycles. The molecule has 0 saturated carbocycles. The van der Waals surface area contributed by atoms with Gasteiger partial charge < -0.3 is 15.4 Å². The van der Waals surface area contributed by atoms with Crippen LogP contribution in [0.1, 0.15) is 16.8 Å². The molecule has 0 spiro atoms. The molecule has 1 fully saturated rings. The third-order valence-electron chi connectivity index (χ3n) is 3.48. The van der Waals surface area contributed by atoms with Crippen LogP contribution < -0.4 is 5.73 Å². The van der Waals surface area contributed by atoms with Gasteiger partial charge in [0.15, 0.2) is 5.82 Å². The van der Waals surface area contributed by atoms with Gasteiger partial charge in [-0.15, -0.1) is 0 Å². The Morgan fingerprint density at radius 1 is 1.52 bits per heavy atom. The van der Waals surface area contributed by atoms with Gasteiger partial charge in [-0.05, 0) is 24.3 Å². The maximum Gasteiger partial charge on any atom is 0.260 e. The fourth-order valence-electron chi connectivity index (χ4n) is 2.32. The second kappa shape index (κ2) is 7.09. The Morgan fingerprint density at radius 3 is 2.90 bits per heavy atom. The van der Waals surface area contributed by atoms with Crippen molar-refractivity contribution in [1.82, 2.24) is 4.90 Å². The number of ether oxygens (including phenoxy) is 1. The molecular weight excluding hydrogens is 298 g/mol. The van der Waals surface area contributed by atoms with E-state index in [1.807, 2.05) is 0 Å². The second-order valence-electron chi connectivity index (χ2n) is 4.83. The number of thioether (sulfide) groups is 1. The molecule has 2 rings (SSSR count). The van der Waals surface area contributed by atoms with Crippen LogP contribution in [0.2, 0.25) is 0 Å². The van der Waals surface area contributed by atoms with Gasteiger partial charge in [0, 0.05) is 25.4 Å². The Hall–Kier alpha value is -1.34. The zero-order valence-corrected chi connectivity index (χ0v) is 12.6. The number of carbonyl (C=O) groups is 1. The van der Waals surface area contributed by atoms with Gasteiger partial charge in [0.25, 0.3) is 5.91 Å². The molecule has 1 heterocycles. The number of benzene rings is 1. The highest BCUT2D eigenvalue weighted by molar-refractivity contribution is 7.99. The minimum Gasteiger partial charge on any atom is -0.396 e. The zero-order chi connectivity index (χ0) is 15.4. The number of amides is 1. The van der Waals surface area contributed by atoms with E-state index in [0.717, 1.165) is 30.1 Å². The maximum atomic E-state index is 14.0. The molecule has 4 nitrogen and oxygen atoms in total. The number of nitrogens with zero attached hydrogens (tertiary/aromatic N) is 1. The highest BCUT2D eigenvalue weighted by atomic mass is 32.2. The summed E-state index contributed by atoms with van der Waals surface area (Å²) in [5.74, 6) is -0.848. The predicted molar refractivity (Wildman–Crippen MR) is 79.4 cm³/mol. The molecule has 1 aliphatic rings. The number of nitrogen functional groups attached to an aromatic ring is 1. The summed E-state index contributed by atoms with van der Waals surface area (Å²) >= 11 is 1.72.